The minimum atomic E-state index is -0.220. The molecule has 0 spiro atoms. The molecule has 1 heterocycles. The fraction of sp³-hybridized carbons (Fsp3) is 0.308. The highest BCUT2D eigenvalue weighted by atomic mass is 19.1. The van der Waals surface area contributed by atoms with Crippen LogP contribution in [0.15, 0.2) is 24.3 Å². The lowest BCUT2D eigenvalue weighted by atomic mass is 10.0. The highest BCUT2D eigenvalue weighted by Gasteiger charge is 2.12. The second kappa shape index (κ2) is 5.10. The topological polar surface area (TPSA) is 40.7 Å². The Labute approximate surface area is 100 Å². The fourth-order valence-electron chi connectivity index (χ4n) is 1.93. The van der Waals surface area contributed by atoms with Crippen molar-refractivity contribution >= 4 is 0 Å². The second-order valence-electron chi connectivity index (χ2n) is 4.03. The van der Waals surface area contributed by atoms with E-state index in [1.165, 1.54) is 6.07 Å². The van der Waals surface area contributed by atoms with Gasteiger partial charge < -0.3 is 5.32 Å². The van der Waals surface area contributed by atoms with Crippen molar-refractivity contribution in [3.05, 3.63) is 41.5 Å². The smallest absolute Gasteiger partial charge is 0.123 e. The van der Waals surface area contributed by atoms with Crippen LogP contribution in [0.2, 0.25) is 0 Å². The number of aromatic amines is 1. The summed E-state index contributed by atoms with van der Waals surface area (Å²) in [6.45, 7) is 2.81. The van der Waals surface area contributed by atoms with Gasteiger partial charge in [0.25, 0.3) is 0 Å². The summed E-state index contributed by atoms with van der Waals surface area (Å²) in [5, 5.41) is 10.3. The van der Waals surface area contributed by atoms with Gasteiger partial charge in [-0.1, -0.05) is 12.1 Å². The van der Waals surface area contributed by atoms with Crippen LogP contribution in [0.3, 0.4) is 0 Å². The van der Waals surface area contributed by atoms with E-state index in [2.05, 4.69) is 15.5 Å². The second-order valence-corrected chi connectivity index (χ2v) is 4.03. The van der Waals surface area contributed by atoms with Gasteiger partial charge in [0.1, 0.15) is 5.82 Å². The Morgan fingerprint density at radius 3 is 2.94 bits per heavy atom. The van der Waals surface area contributed by atoms with Crippen molar-refractivity contribution in [1.29, 1.82) is 0 Å². The molecule has 0 unspecified atom stereocenters. The predicted molar refractivity (Wildman–Crippen MR) is 66.3 cm³/mol. The Morgan fingerprint density at radius 2 is 2.24 bits per heavy atom. The van der Waals surface area contributed by atoms with E-state index < -0.39 is 0 Å². The van der Waals surface area contributed by atoms with Crippen molar-refractivity contribution in [1.82, 2.24) is 15.5 Å². The Kier molecular flexibility index (Phi) is 3.54. The summed E-state index contributed by atoms with van der Waals surface area (Å²) < 4.78 is 13.2. The highest BCUT2D eigenvalue weighted by Crippen LogP contribution is 2.26. The fourth-order valence-corrected chi connectivity index (χ4v) is 1.93. The van der Waals surface area contributed by atoms with Gasteiger partial charge in [0.2, 0.25) is 0 Å². The third kappa shape index (κ3) is 2.53. The van der Waals surface area contributed by atoms with E-state index in [9.17, 15) is 4.39 Å². The molecule has 2 rings (SSSR count). The zero-order chi connectivity index (χ0) is 12.3. The third-order valence-electron chi connectivity index (χ3n) is 2.75. The summed E-state index contributed by atoms with van der Waals surface area (Å²) in [5.74, 6) is -0.220. The average Bonchev–Trinajstić information content (AvgIpc) is 2.68. The molecule has 1 aromatic heterocycles. The van der Waals surface area contributed by atoms with Crippen molar-refractivity contribution < 1.29 is 4.39 Å². The molecule has 0 saturated heterocycles. The lowest BCUT2D eigenvalue weighted by Gasteiger charge is -2.04. The van der Waals surface area contributed by atoms with Crippen LogP contribution >= 0.6 is 0 Å². The molecule has 0 bridgehead atoms. The maximum atomic E-state index is 13.2. The number of nitrogens with one attached hydrogen (secondary N) is 2. The summed E-state index contributed by atoms with van der Waals surface area (Å²) in [4.78, 5) is 0. The molecule has 3 nitrogen and oxygen atoms in total. The number of aryl methyl sites for hydroxylation is 1. The first-order valence-corrected chi connectivity index (χ1v) is 5.66. The molecule has 0 aliphatic rings. The van der Waals surface area contributed by atoms with Crippen LogP contribution < -0.4 is 5.32 Å². The molecular formula is C13H16FN3. The van der Waals surface area contributed by atoms with Gasteiger partial charge in [0.05, 0.1) is 5.69 Å². The van der Waals surface area contributed by atoms with Crippen LogP contribution in [0.1, 0.15) is 11.4 Å². The van der Waals surface area contributed by atoms with Crippen molar-refractivity contribution in [2.75, 3.05) is 13.6 Å². The summed E-state index contributed by atoms with van der Waals surface area (Å²) in [7, 11) is 1.90. The number of H-pyrrole nitrogens is 1. The number of likely N-dealkylation sites (N-methyl/N-ethyl adjacent to an activating group) is 1. The minimum absolute atomic E-state index is 0.220. The van der Waals surface area contributed by atoms with Gasteiger partial charge in [-0.25, -0.2) is 4.39 Å². The van der Waals surface area contributed by atoms with Crippen LogP contribution in [0.25, 0.3) is 11.1 Å². The van der Waals surface area contributed by atoms with E-state index in [-0.39, 0.29) is 5.82 Å². The maximum absolute atomic E-state index is 13.2. The van der Waals surface area contributed by atoms with Crippen molar-refractivity contribution in [3.63, 3.8) is 0 Å². The monoisotopic (exact) mass is 233 g/mol. The standard InChI is InChI=1S/C13H16FN3/c1-9-13(10-4-3-5-11(14)8-10)12(17-16-9)6-7-15-2/h3-5,8,15H,6-7H2,1-2H3,(H,16,17). The van der Waals surface area contributed by atoms with E-state index in [0.717, 1.165) is 35.5 Å². The minimum Gasteiger partial charge on any atom is -0.319 e. The number of benzene rings is 1. The molecule has 0 atom stereocenters. The molecule has 0 fully saturated rings. The molecular weight excluding hydrogens is 217 g/mol. The van der Waals surface area contributed by atoms with Crippen LogP contribution in [-0.4, -0.2) is 23.8 Å². The van der Waals surface area contributed by atoms with Gasteiger partial charge in [-0.3, -0.25) is 5.10 Å². The summed E-state index contributed by atoms with van der Waals surface area (Å²) >= 11 is 0. The molecule has 0 amide bonds. The van der Waals surface area contributed by atoms with Gasteiger partial charge in [0.15, 0.2) is 0 Å². The first-order chi connectivity index (χ1) is 8.22. The first kappa shape index (κ1) is 11.8. The number of hydrogen-bond donors (Lipinski definition) is 2. The van der Waals surface area contributed by atoms with Crippen LogP contribution in [0, 0.1) is 12.7 Å². The van der Waals surface area contributed by atoms with Crippen LogP contribution in [0.4, 0.5) is 4.39 Å². The molecule has 90 valence electrons. The average molecular weight is 233 g/mol. The molecule has 0 aliphatic heterocycles. The normalized spacial score (nSPS) is 10.8. The van der Waals surface area contributed by atoms with Gasteiger partial charge in [0, 0.05) is 24.2 Å². The lowest BCUT2D eigenvalue weighted by molar-refractivity contribution is 0.628. The highest BCUT2D eigenvalue weighted by molar-refractivity contribution is 5.68. The van der Waals surface area contributed by atoms with Crippen molar-refractivity contribution in [3.8, 4) is 11.1 Å². The maximum Gasteiger partial charge on any atom is 0.123 e. The van der Waals surface area contributed by atoms with E-state index in [0.29, 0.717) is 0 Å². The summed E-state index contributed by atoms with van der Waals surface area (Å²) in [6.07, 6.45) is 0.826. The predicted octanol–water partition coefficient (Wildman–Crippen LogP) is 2.29. The Balaban J connectivity index is 2.39. The summed E-state index contributed by atoms with van der Waals surface area (Å²) in [5.41, 5.74) is 3.84. The van der Waals surface area contributed by atoms with E-state index in [1.54, 1.807) is 12.1 Å². The van der Waals surface area contributed by atoms with Crippen LogP contribution in [0.5, 0.6) is 0 Å². The van der Waals surface area contributed by atoms with Gasteiger partial charge in [-0.05, 0) is 31.7 Å². The SMILES string of the molecule is CNCCc1n[nH]c(C)c1-c1cccc(F)c1. The number of nitrogens with zero attached hydrogens (tertiary/aromatic N) is 1. The molecule has 0 aliphatic carbocycles. The van der Waals surface area contributed by atoms with E-state index in [1.807, 2.05) is 20.0 Å². The molecule has 4 heteroatoms. The molecule has 2 aromatic rings. The first-order valence-electron chi connectivity index (χ1n) is 5.66. The van der Waals surface area contributed by atoms with Crippen molar-refractivity contribution in [2.24, 2.45) is 0 Å². The van der Waals surface area contributed by atoms with Gasteiger partial charge in [-0.15, -0.1) is 0 Å². The number of rotatable bonds is 4. The zero-order valence-corrected chi connectivity index (χ0v) is 10.0. The molecule has 17 heavy (non-hydrogen) atoms. The van der Waals surface area contributed by atoms with Crippen molar-refractivity contribution in [2.45, 2.75) is 13.3 Å². The quantitative estimate of drug-likeness (QED) is 0.850. The largest absolute Gasteiger partial charge is 0.319 e. The van der Waals surface area contributed by atoms with E-state index in [4.69, 9.17) is 0 Å². The molecule has 0 saturated carbocycles. The van der Waals surface area contributed by atoms with Gasteiger partial charge >= 0.3 is 0 Å². The number of aromatic nitrogens is 2. The third-order valence-corrected chi connectivity index (χ3v) is 2.75. The van der Waals surface area contributed by atoms with Crippen LogP contribution in [-0.2, 0) is 6.42 Å². The number of halogens is 1. The number of hydrogen-bond acceptors (Lipinski definition) is 2. The van der Waals surface area contributed by atoms with E-state index >= 15 is 0 Å². The molecule has 1 aromatic carbocycles. The van der Waals surface area contributed by atoms with Gasteiger partial charge in [-0.2, -0.15) is 5.10 Å². The molecule has 2 N–H and O–H groups in total. The Morgan fingerprint density at radius 1 is 1.41 bits per heavy atom. The lowest BCUT2D eigenvalue weighted by Crippen LogP contribution is -2.11. The molecule has 0 radical (unpaired) electrons. The zero-order valence-electron chi connectivity index (χ0n) is 10.0. The summed E-state index contributed by atoms with van der Waals surface area (Å²) in [6, 6.07) is 6.62. The Hall–Kier alpha value is -1.68. The Bertz CT molecular complexity index is 505.